The second-order valence-corrected chi connectivity index (χ2v) is 5.97. The van der Waals surface area contributed by atoms with E-state index in [-0.39, 0.29) is 36.3 Å². The van der Waals surface area contributed by atoms with E-state index in [0.717, 1.165) is 11.9 Å². The van der Waals surface area contributed by atoms with E-state index in [0.29, 0.717) is 23.6 Å². The Morgan fingerprint density at radius 3 is 2.91 bits per heavy atom. The van der Waals surface area contributed by atoms with E-state index in [1.807, 2.05) is 0 Å². The van der Waals surface area contributed by atoms with Gasteiger partial charge in [-0.15, -0.1) is 0 Å². The van der Waals surface area contributed by atoms with Crippen LogP contribution in [0.2, 0.25) is 0 Å². The van der Waals surface area contributed by atoms with Crippen LogP contribution in [-0.2, 0) is 4.74 Å². The van der Waals surface area contributed by atoms with E-state index >= 15 is 0 Å². The fourth-order valence-corrected chi connectivity index (χ4v) is 2.98. The van der Waals surface area contributed by atoms with Crippen LogP contribution in [0, 0.1) is 10.1 Å². The van der Waals surface area contributed by atoms with E-state index in [2.05, 4.69) is 10.3 Å². The first-order valence-electron chi connectivity index (χ1n) is 6.96. The van der Waals surface area contributed by atoms with Crippen molar-refractivity contribution >= 4 is 34.4 Å². The Bertz CT molecular complexity index is 732. The van der Waals surface area contributed by atoms with Crippen molar-refractivity contribution in [1.82, 2.24) is 4.98 Å². The van der Waals surface area contributed by atoms with Crippen LogP contribution in [-0.4, -0.2) is 35.3 Å². The molecule has 1 aromatic heterocycles. The standard InChI is InChI=1S/C13H15FN4O4S/c14-13(1-3-21-4-2-13)6-16-10-8(18(19)20)5-9(23-15)11-12(10)22-7-17-11/h5,7,16H,1-4,6,15H2. The van der Waals surface area contributed by atoms with Crippen molar-refractivity contribution in [3.05, 3.63) is 22.6 Å². The van der Waals surface area contributed by atoms with Gasteiger partial charge in [-0.2, -0.15) is 0 Å². The predicted molar refractivity (Wildman–Crippen MR) is 83.1 cm³/mol. The number of nitrogens with one attached hydrogen (secondary N) is 1. The van der Waals surface area contributed by atoms with Gasteiger partial charge in [0.25, 0.3) is 5.69 Å². The summed E-state index contributed by atoms with van der Waals surface area (Å²) < 4.78 is 25.1. The molecule has 3 rings (SSSR count). The normalized spacial score (nSPS) is 17.3. The van der Waals surface area contributed by atoms with Gasteiger partial charge < -0.3 is 14.5 Å². The van der Waals surface area contributed by atoms with Crippen LogP contribution >= 0.6 is 11.9 Å². The van der Waals surface area contributed by atoms with Crippen LogP contribution < -0.4 is 10.5 Å². The molecular formula is C13H15FN4O4S. The molecule has 124 valence electrons. The molecule has 23 heavy (non-hydrogen) atoms. The molecule has 1 aromatic carbocycles. The number of nitrogens with two attached hydrogens (primary N) is 1. The topological polar surface area (TPSA) is 116 Å². The number of nitro groups is 1. The van der Waals surface area contributed by atoms with Crippen LogP contribution in [0.5, 0.6) is 0 Å². The zero-order valence-corrected chi connectivity index (χ0v) is 12.9. The molecule has 10 heteroatoms. The number of benzene rings is 1. The molecular weight excluding hydrogens is 327 g/mol. The van der Waals surface area contributed by atoms with Gasteiger partial charge >= 0.3 is 0 Å². The minimum atomic E-state index is -1.47. The number of aromatic nitrogens is 1. The Morgan fingerprint density at radius 1 is 1.52 bits per heavy atom. The van der Waals surface area contributed by atoms with Gasteiger partial charge in [0.15, 0.2) is 17.7 Å². The summed E-state index contributed by atoms with van der Waals surface area (Å²) in [6.07, 6.45) is 1.66. The molecule has 8 nitrogen and oxygen atoms in total. The van der Waals surface area contributed by atoms with Crippen molar-refractivity contribution in [3.63, 3.8) is 0 Å². The number of fused-ring (bicyclic) bond motifs is 1. The van der Waals surface area contributed by atoms with Crippen molar-refractivity contribution in [1.29, 1.82) is 0 Å². The molecule has 2 aromatic rings. The van der Waals surface area contributed by atoms with Gasteiger partial charge in [-0.25, -0.2) is 9.37 Å². The third-order valence-corrected chi connectivity index (χ3v) is 4.41. The van der Waals surface area contributed by atoms with Crippen LogP contribution in [0.4, 0.5) is 15.8 Å². The Hall–Kier alpha value is -1.91. The highest BCUT2D eigenvalue weighted by molar-refractivity contribution is 7.97. The van der Waals surface area contributed by atoms with Crippen molar-refractivity contribution in [2.75, 3.05) is 25.1 Å². The van der Waals surface area contributed by atoms with Gasteiger partial charge in [0.05, 0.1) is 9.82 Å². The zero-order chi connectivity index (χ0) is 16.4. The number of alkyl halides is 1. The first-order chi connectivity index (χ1) is 11.0. The number of anilines is 1. The van der Waals surface area contributed by atoms with Gasteiger partial charge in [-0.3, -0.25) is 15.3 Å². The molecule has 3 N–H and O–H groups in total. The molecule has 0 radical (unpaired) electrons. The lowest BCUT2D eigenvalue weighted by Gasteiger charge is -2.29. The lowest BCUT2D eigenvalue weighted by atomic mass is 9.96. The fraction of sp³-hybridized carbons (Fsp3) is 0.462. The van der Waals surface area contributed by atoms with E-state index in [9.17, 15) is 14.5 Å². The Morgan fingerprint density at radius 2 is 2.26 bits per heavy atom. The van der Waals surface area contributed by atoms with Crippen molar-refractivity contribution in [3.8, 4) is 0 Å². The zero-order valence-electron chi connectivity index (χ0n) is 12.1. The first-order valence-corrected chi connectivity index (χ1v) is 7.84. The van der Waals surface area contributed by atoms with Gasteiger partial charge in [-0.05, 0) is 11.9 Å². The predicted octanol–water partition coefficient (Wildman–Crippen LogP) is 2.63. The van der Waals surface area contributed by atoms with E-state index in [1.165, 1.54) is 12.5 Å². The van der Waals surface area contributed by atoms with Crippen molar-refractivity contribution in [2.45, 2.75) is 23.4 Å². The van der Waals surface area contributed by atoms with Crippen LogP contribution in [0.1, 0.15) is 12.8 Å². The van der Waals surface area contributed by atoms with E-state index in [1.54, 1.807) is 0 Å². The second kappa shape index (κ2) is 6.30. The molecule has 0 atom stereocenters. The summed E-state index contributed by atoms with van der Waals surface area (Å²) in [4.78, 5) is 15.2. The number of hydrogen-bond acceptors (Lipinski definition) is 8. The summed E-state index contributed by atoms with van der Waals surface area (Å²) in [6.45, 7) is 0.601. The maximum atomic E-state index is 14.7. The molecule has 1 saturated heterocycles. The highest BCUT2D eigenvalue weighted by Gasteiger charge is 2.33. The van der Waals surface area contributed by atoms with Gasteiger partial charge in [-0.1, -0.05) is 0 Å². The minimum absolute atomic E-state index is 0.0673. The summed E-state index contributed by atoms with van der Waals surface area (Å²) in [6, 6.07) is 1.31. The van der Waals surface area contributed by atoms with Crippen LogP contribution in [0.15, 0.2) is 21.8 Å². The van der Waals surface area contributed by atoms with Crippen molar-refractivity contribution < 1.29 is 18.5 Å². The smallest absolute Gasteiger partial charge is 0.297 e. The molecule has 0 bridgehead atoms. The van der Waals surface area contributed by atoms with Gasteiger partial charge in [0.1, 0.15) is 11.2 Å². The third-order valence-electron chi connectivity index (χ3n) is 3.85. The Balaban J connectivity index is 1.97. The summed E-state index contributed by atoms with van der Waals surface area (Å²) in [7, 11) is 0. The molecule has 1 fully saturated rings. The number of oxazole rings is 1. The monoisotopic (exact) mass is 342 g/mol. The number of ether oxygens (including phenoxy) is 1. The Labute approximate surface area is 134 Å². The Kier molecular flexibility index (Phi) is 4.37. The number of halogens is 1. The molecule has 0 amide bonds. The quantitative estimate of drug-likeness (QED) is 0.484. The summed E-state index contributed by atoms with van der Waals surface area (Å²) in [5, 5.41) is 19.7. The summed E-state index contributed by atoms with van der Waals surface area (Å²) >= 11 is 0.843. The van der Waals surface area contributed by atoms with E-state index < -0.39 is 10.6 Å². The number of rotatable bonds is 5. The highest BCUT2D eigenvalue weighted by Crippen LogP contribution is 2.39. The number of nitro benzene ring substituents is 1. The summed E-state index contributed by atoms with van der Waals surface area (Å²) in [5.74, 6) is 0. The molecule has 1 aliphatic heterocycles. The molecule has 0 saturated carbocycles. The number of hydrogen-bond donors (Lipinski definition) is 2. The van der Waals surface area contributed by atoms with Crippen LogP contribution in [0.3, 0.4) is 0 Å². The average Bonchev–Trinajstić information content (AvgIpc) is 3.02. The average molecular weight is 342 g/mol. The molecule has 0 unspecified atom stereocenters. The third kappa shape index (κ3) is 3.09. The second-order valence-electron chi connectivity index (χ2n) is 5.29. The molecule has 1 aliphatic rings. The molecule has 2 heterocycles. The number of nitrogens with zero attached hydrogens (tertiary/aromatic N) is 2. The van der Waals surface area contributed by atoms with Gasteiger partial charge in [0, 0.05) is 38.7 Å². The lowest BCUT2D eigenvalue weighted by Crippen LogP contribution is -2.38. The SMILES string of the molecule is NSc1cc([N+](=O)[O-])c(NCC2(F)CCOCC2)c2ocnc12. The lowest BCUT2D eigenvalue weighted by molar-refractivity contribution is -0.384. The maximum absolute atomic E-state index is 14.7. The van der Waals surface area contributed by atoms with Crippen LogP contribution in [0.25, 0.3) is 11.1 Å². The fourth-order valence-electron chi connectivity index (χ4n) is 2.55. The first kappa shape index (κ1) is 16.0. The van der Waals surface area contributed by atoms with E-state index in [4.69, 9.17) is 14.3 Å². The highest BCUT2D eigenvalue weighted by atomic mass is 32.2. The van der Waals surface area contributed by atoms with Crippen molar-refractivity contribution in [2.24, 2.45) is 5.14 Å². The van der Waals surface area contributed by atoms with Gasteiger partial charge in [0.2, 0.25) is 0 Å². The summed E-state index contributed by atoms with van der Waals surface area (Å²) in [5.41, 5.74) is -0.977. The minimum Gasteiger partial charge on any atom is -0.441 e. The maximum Gasteiger partial charge on any atom is 0.297 e. The molecule has 0 aliphatic carbocycles. The largest absolute Gasteiger partial charge is 0.441 e. The molecule has 0 spiro atoms.